The summed E-state index contributed by atoms with van der Waals surface area (Å²) < 4.78 is 1.36. The number of piperidine rings is 1. The Balaban J connectivity index is 0.00000144. The summed E-state index contributed by atoms with van der Waals surface area (Å²) in [5, 5.41) is 0. The Hall–Kier alpha value is 0.690. The van der Waals surface area contributed by atoms with Crippen LogP contribution in [0.5, 0.6) is 0 Å². The van der Waals surface area contributed by atoms with E-state index < -0.39 is 0 Å². The van der Waals surface area contributed by atoms with Crippen molar-refractivity contribution in [2.45, 2.75) is 34.1 Å². The van der Waals surface area contributed by atoms with Crippen LogP contribution in [0.25, 0.3) is 0 Å². The Morgan fingerprint density at radius 2 is 1.38 bits per heavy atom. The third-order valence-corrected chi connectivity index (χ3v) is 3.54. The highest BCUT2D eigenvalue weighted by molar-refractivity contribution is 4.65. The predicted octanol–water partition coefficient (Wildman–Crippen LogP) is -0.477. The van der Waals surface area contributed by atoms with Crippen LogP contribution in [0.2, 0.25) is 0 Å². The zero-order chi connectivity index (χ0) is 9.19. The minimum atomic E-state index is 0. The first-order valence-electron chi connectivity index (χ1n) is 5.47. The van der Waals surface area contributed by atoms with Crippen LogP contribution in [-0.4, -0.2) is 30.7 Å². The van der Waals surface area contributed by atoms with Gasteiger partial charge < -0.3 is 28.5 Å². The number of halogens is 1. The third-order valence-electron chi connectivity index (χ3n) is 3.54. The molecule has 0 bridgehead atoms. The molecule has 0 spiro atoms. The van der Waals surface area contributed by atoms with Crippen molar-refractivity contribution < 1.29 is 28.5 Å². The van der Waals surface area contributed by atoms with E-state index in [-0.39, 0.29) is 24.0 Å². The lowest BCUT2D eigenvalue weighted by Crippen LogP contribution is -3.00. The summed E-state index contributed by atoms with van der Waals surface area (Å²) in [6.07, 6.45) is 1.44. The number of likely N-dealkylation sites (tertiary alicyclic amines) is 1. The Morgan fingerprint density at radius 1 is 1.00 bits per heavy atom. The number of rotatable bonds is 2. The van der Waals surface area contributed by atoms with E-state index in [0.29, 0.717) is 0 Å². The molecule has 1 rings (SSSR count). The van der Waals surface area contributed by atoms with E-state index in [9.17, 15) is 0 Å². The Kier molecular flexibility index (Phi) is 5.84. The maximum Gasteiger partial charge on any atom is 0.0812 e. The van der Waals surface area contributed by atoms with Crippen molar-refractivity contribution in [3.05, 3.63) is 0 Å². The first kappa shape index (κ1) is 13.7. The second kappa shape index (κ2) is 5.54. The van der Waals surface area contributed by atoms with Crippen LogP contribution < -0.4 is 24.0 Å². The second-order valence-corrected chi connectivity index (χ2v) is 4.79. The molecule has 0 saturated carbocycles. The molecule has 1 fully saturated rings. The normalized spacial score (nSPS) is 32.3. The number of quaternary nitrogens is 1. The van der Waals surface area contributed by atoms with Gasteiger partial charge in [0.2, 0.25) is 0 Å². The van der Waals surface area contributed by atoms with Crippen LogP contribution in [-0.2, 0) is 0 Å². The van der Waals surface area contributed by atoms with Crippen LogP contribution >= 0.6 is 0 Å². The molecule has 1 aliphatic heterocycles. The number of hydrogen-bond donors (Lipinski definition) is 0. The van der Waals surface area contributed by atoms with E-state index in [1.165, 1.54) is 37.1 Å². The summed E-state index contributed by atoms with van der Waals surface area (Å²) >= 11 is 0. The topological polar surface area (TPSA) is 0 Å². The molecule has 2 unspecified atom stereocenters. The summed E-state index contributed by atoms with van der Waals surface area (Å²) in [5.41, 5.74) is 0. The molecule has 2 atom stereocenters. The highest BCUT2D eigenvalue weighted by Crippen LogP contribution is 2.26. The van der Waals surface area contributed by atoms with Gasteiger partial charge in [-0.1, -0.05) is 13.8 Å². The highest BCUT2D eigenvalue weighted by Gasteiger charge is 2.33. The van der Waals surface area contributed by atoms with Crippen molar-refractivity contribution in [2.24, 2.45) is 11.8 Å². The lowest BCUT2D eigenvalue weighted by molar-refractivity contribution is -0.935. The van der Waals surface area contributed by atoms with Crippen LogP contribution in [0.15, 0.2) is 0 Å². The average molecular weight is 297 g/mol. The van der Waals surface area contributed by atoms with Crippen molar-refractivity contribution in [3.8, 4) is 0 Å². The van der Waals surface area contributed by atoms with E-state index in [0.717, 1.165) is 11.8 Å². The van der Waals surface area contributed by atoms with Gasteiger partial charge in [0, 0.05) is 11.8 Å². The van der Waals surface area contributed by atoms with E-state index in [1.807, 2.05) is 0 Å². The Morgan fingerprint density at radius 3 is 1.69 bits per heavy atom. The van der Waals surface area contributed by atoms with Gasteiger partial charge in [-0.15, -0.1) is 0 Å². The summed E-state index contributed by atoms with van der Waals surface area (Å²) in [4.78, 5) is 0. The fraction of sp³-hybridized carbons (Fsp3) is 1.00. The van der Waals surface area contributed by atoms with Gasteiger partial charge in [-0.05, 0) is 20.3 Å². The van der Waals surface area contributed by atoms with Crippen LogP contribution in [0.3, 0.4) is 0 Å². The molecule has 0 aromatic carbocycles. The fourth-order valence-corrected chi connectivity index (χ4v) is 2.97. The van der Waals surface area contributed by atoms with Gasteiger partial charge in [0.25, 0.3) is 0 Å². The monoisotopic (exact) mass is 297 g/mol. The molecule has 1 saturated heterocycles. The minimum Gasteiger partial charge on any atom is -1.00 e. The maximum atomic E-state index is 2.41. The van der Waals surface area contributed by atoms with Crippen molar-refractivity contribution in [3.63, 3.8) is 0 Å². The predicted molar refractivity (Wildman–Crippen MR) is 54.0 cm³/mol. The number of hydrogen-bond acceptors (Lipinski definition) is 0. The Labute approximate surface area is 100 Å². The van der Waals surface area contributed by atoms with Gasteiger partial charge in [0.15, 0.2) is 0 Å². The van der Waals surface area contributed by atoms with Gasteiger partial charge in [-0.2, -0.15) is 0 Å². The summed E-state index contributed by atoms with van der Waals surface area (Å²) in [5.74, 6) is 1.88. The molecular formula is C11H24IN. The van der Waals surface area contributed by atoms with Crippen LogP contribution in [0, 0.1) is 11.8 Å². The van der Waals surface area contributed by atoms with E-state index in [2.05, 4.69) is 27.7 Å². The first-order chi connectivity index (χ1) is 5.62. The highest BCUT2D eigenvalue weighted by atomic mass is 127. The molecule has 1 heterocycles. The molecule has 0 aliphatic carbocycles. The second-order valence-electron chi connectivity index (χ2n) is 4.79. The molecule has 0 amide bonds. The molecule has 0 aromatic heterocycles. The molecule has 2 heteroatoms. The quantitative estimate of drug-likeness (QED) is 0.477. The van der Waals surface area contributed by atoms with Crippen LogP contribution in [0.4, 0.5) is 0 Å². The van der Waals surface area contributed by atoms with E-state index in [4.69, 9.17) is 0 Å². The summed E-state index contributed by atoms with van der Waals surface area (Å²) in [7, 11) is 0. The smallest absolute Gasteiger partial charge is 0.0812 e. The minimum absolute atomic E-state index is 0. The van der Waals surface area contributed by atoms with Gasteiger partial charge in [0.1, 0.15) is 0 Å². The van der Waals surface area contributed by atoms with Gasteiger partial charge in [0.05, 0.1) is 26.2 Å². The molecule has 13 heavy (non-hydrogen) atoms. The lowest BCUT2D eigenvalue weighted by atomic mass is 9.90. The SMILES string of the molecule is CC[N+]1(CC)CC(C)CC(C)C1.[I-]. The Bertz CT molecular complexity index is 131. The van der Waals surface area contributed by atoms with Crippen LogP contribution in [0.1, 0.15) is 34.1 Å². The average Bonchev–Trinajstić information content (AvgIpc) is 2.02. The molecule has 0 aromatic rings. The summed E-state index contributed by atoms with van der Waals surface area (Å²) in [6, 6.07) is 0. The number of nitrogens with zero attached hydrogens (tertiary/aromatic N) is 1. The third kappa shape index (κ3) is 3.39. The molecule has 0 N–H and O–H groups in total. The lowest BCUT2D eigenvalue weighted by Gasteiger charge is -2.45. The van der Waals surface area contributed by atoms with E-state index in [1.54, 1.807) is 0 Å². The van der Waals surface area contributed by atoms with Gasteiger partial charge in [-0.3, -0.25) is 0 Å². The van der Waals surface area contributed by atoms with Crippen molar-refractivity contribution in [2.75, 3.05) is 26.2 Å². The molecular weight excluding hydrogens is 273 g/mol. The zero-order valence-corrected chi connectivity index (χ0v) is 11.7. The molecule has 1 aliphatic rings. The zero-order valence-electron chi connectivity index (χ0n) is 9.52. The van der Waals surface area contributed by atoms with Gasteiger partial charge >= 0.3 is 0 Å². The standard InChI is InChI=1S/C11H24N.HI/c1-5-12(6-2)8-10(3)7-11(4)9-12;/h10-11H,5-9H2,1-4H3;1H/q+1;/p-1. The van der Waals surface area contributed by atoms with Gasteiger partial charge in [-0.25, -0.2) is 0 Å². The molecule has 80 valence electrons. The summed E-state index contributed by atoms with van der Waals surface area (Å²) in [6.45, 7) is 15.0. The molecule has 1 nitrogen and oxygen atoms in total. The largest absolute Gasteiger partial charge is 1.00 e. The first-order valence-corrected chi connectivity index (χ1v) is 5.47. The van der Waals surface area contributed by atoms with Crippen molar-refractivity contribution >= 4 is 0 Å². The van der Waals surface area contributed by atoms with E-state index >= 15 is 0 Å². The fourth-order valence-electron chi connectivity index (χ4n) is 2.97. The van der Waals surface area contributed by atoms with Crippen molar-refractivity contribution in [1.29, 1.82) is 0 Å². The molecule has 0 radical (unpaired) electrons. The van der Waals surface area contributed by atoms with Crippen molar-refractivity contribution in [1.82, 2.24) is 0 Å². The maximum absolute atomic E-state index is 2.41.